The lowest BCUT2D eigenvalue weighted by Crippen LogP contribution is -2.15. The van der Waals surface area contributed by atoms with Crippen molar-refractivity contribution in [2.75, 3.05) is 5.32 Å². The summed E-state index contributed by atoms with van der Waals surface area (Å²) in [6.07, 6.45) is 5.09. The standard InChI is InChI=1S/C8H9N5O/c14-7(5-6-1-2-11-13-6)12-8-9-3-4-10-8/h1-4H,5H2,(H,11,13)(H2,9,10,12,14). The molecule has 6 heteroatoms. The molecule has 0 aromatic carbocycles. The van der Waals surface area contributed by atoms with Gasteiger partial charge >= 0.3 is 0 Å². The van der Waals surface area contributed by atoms with Gasteiger partial charge in [0.25, 0.3) is 0 Å². The zero-order valence-corrected chi connectivity index (χ0v) is 7.32. The first-order valence-corrected chi connectivity index (χ1v) is 4.12. The molecule has 0 fully saturated rings. The third-order valence-corrected chi connectivity index (χ3v) is 1.67. The van der Waals surface area contributed by atoms with Gasteiger partial charge in [0.05, 0.1) is 6.42 Å². The Morgan fingerprint density at radius 1 is 1.50 bits per heavy atom. The second-order valence-electron chi connectivity index (χ2n) is 2.74. The lowest BCUT2D eigenvalue weighted by atomic mass is 10.3. The summed E-state index contributed by atoms with van der Waals surface area (Å²) in [5, 5.41) is 9.06. The first-order valence-electron chi connectivity index (χ1n) is 4.12. The minimum absolute atomic E-state index is 0.135. The number of carbonyl (C=O) groups is 1. The second kappa shape index (κ2) is 3.73. The van der Waals surface area contributed by atoms with E-state index < -0.39 is 0 Å². The number of anilines is 1. The molecular weight excluding hydrogens is 182 g/mol. The van der Waals surface area contributed by atoms with Crippen LogP contribution in [0.15, 0.2) is 24.7 Å². The SMILES string of the molecule is O=C(Cc1ccn[nH]1)Nc1ncc[nH]1. The van der Waals surface area contributed by atoms with Crippen LogP contribution in [0, 0.1) is 0 Å². The van der Waals surface area contributed by atoms with Crippen LogP contribution in [0.5, 0.6) is 0 Å². The molecule has 3 N–H and O–H groups in total. The van der Waals surface area contributed by atoms with Crippen molar-refractivity contribution in [2.45, 2.75) is 6.42 Å². The van der Waals surface area contributed by atoms with Gasteiger partial charge < -0.3 is 4.98 Å². The molecule has 14 heavy (non-hydrogen) atoms. The van der Waals surface area contributed by atoms with Crippen LogP contribution in [0.2, 0.25) is 0 Å². The van der Waals surface area contributed by atoms with E-state index in [9.17, 15) is 4.79 Å². The lowest BCUT2D eigenvalue weighted by molar-refractivity contribution is -0.115. The highest BCUT2D eigenvalue weighted by Crippen LogP contribution is 1.98. The highest BCUT2D eigenvalue weighted by Gasteiger charge is 2.05. The van der Waals surface area contributed by atoms with Gasteiger partial charge in [0, 0.05) is 24.3 Å². The smallest absolute Gasteiger partial charge is 0.232 e. The molecule has 0 saturated carbocycles. The predicted molar refractivity (Wildman–Crippen MR) is 49.5 cm³/mol. The molecule has 2 heterocycles. The van der Waals surface area contributed by atoms with Gasteiger partial charge in [-0.2, -0.15) is 5.10 Å². The van der Waals surface area contributed by atoms with Crippen molar-refractivity contribution in [3.8, 4) is 0 Å². The summed E-state index contributed by atoms with van der Waals surface area (Å²) in [6, 6.07) is 1.75. The molecule has 0 atom stereocenters. The fourth-order valence-electron chi connectivity index (χ4n) is 1.07. The van der Waals surface area contributed by atoms with E-state index in [0.29, 0.717) is 5.95 Å². The van der Waals surface area contributed by atoms with Crippen molar-refractivity contribution in [2.24, 2.45) is 0 Å². The van der Waals surface area contributed by atoms with Crippen molar-refractivity contribution >= 4 is 11.9 Å². The van der Waals surface area contributed by atoms with Crippen LogP contribution in [0.1, 0.15) is 5.69 Å². The van der Waals surface area contributed by atoms with E-state index in [1.54, 1.807) is 24.7 Å². The first-order chi connectivity index (χ1) is 6.84. The van der Waals surface area contributed by atoms with Crippen molar-refractivity contribution in [1.82, 2.24) is 20.2 Å². The number of amides is 1. The number of carbonyl (C=O) groups excluding carboxylic acids is 1. The van der Waals surface area contributed by atoms with Gasteiger partial charge in [0.15, 0.2) is 0 Å². The van der Waals surface area contributed by atoms with Crippen LogP contribution in [0.4, 0.5) is 5.95 Å². The number of nitrogens with zero attached hydrogens (tertiary/aromatic N) is 2. The minimum Gasteiger partial charge on any atom is -0.331 e. The molecule has 0 saturated heterocycles. The van der Waals surface area contributed by atoms with Crippen LogP contribution in [-0.4, -0.2) is 26.1 Å². The van der Waals surface area contributed by atoms with Crippen molar-refractivity contribution < 1.29 is 4.79 Å². The van der Waals surface area contributed by atoms with E-state index in [1.807, 2.05) is 0 Å². The van der Waals surface area contributed by atoms with Gasteiger partial charge in [-0.1, -0.05) is 0 Å². The summed E-state index contributed by atoms with van der Waals surface area (Å²) >= 11 is 0. The second-order valence-corrected chi connectivity index (χ2v) is 2.74. The number of rotatable bonds is 3. The molecule has 0 aliphatic rings. The maximum Gasteiger partial charge on any atom is 0.232 e. The van der Waals surface area contributed by atoms with Crippen LogP contribution in [0.3, 0.4) is 0 Å². The maximum atomic E-state index is 11.4. The van der Waals surface area contributed by atoms with E-state index in [1.165, 1.54) is 0 Å². The molecule has 0 spiro atoms. The Morgan fingerprint density at radius 2 is 2.43 bits per heavy atom. The van der Waals surface area contributed by atoms with Crippen molar-refractivity contribution in [3.05, 3.63) is 30.4 Å². The molecule has 72 valence electrons. The monoisotopic (exact) mass is 191 g/mol. The molecule has 2 rings (SSSR count). The fourth-order valence-corrected chi connectivity index (χ4v) is 1.07. The van der Waals surface area contributed by atoms with E-state index in [4.69, 9.17) is 0 Å². The average molecular weight is 191 g/mol. The summed E-state index contributed by atoms with van der Waals surface area (Å²) in [6.45, 7) is 0. The number of H-pyrrole nitrogens is 2. The number of aromatic nitrogens is 4. The normalized spacial score (nSPS) is 10.0. The van der Waals surface area contributed by atoms with Crippen molar-refractivity contribution in [3.63, 3.8) is 0 Å². The Bertz CT molecular complexity index is 353. The number of hydrogen-bond acceptors (Lipinski definition) is 3. The van der Waals surface area contributed by atoms with Gasteiger partial charge in [-0.05, 0) is 6.07 Å². The summed E-state index contributed by atoms with van der Waals surface area (Å²) in [5.74, 6) is 0.318. The van der Waals surface area contributed by atoms with E-state index in [2.05, 4.69) is 25.5 Å². The summed E-state index contributed by atoms with van der Waals surface area (Å²) in [4.78, 5) is 18.0. The summed E-state index contributed by atoms with van der Waals surface area (Å²) < 4.78 is 0. The van der Waals surface area contributed by atoms with E-state index >= 15 is 0 Å². The average Bonchev–Trinajstić information content (AvgIpc) is 2.76. The van der Waals surface area contributed by atoms with Crippen LogP contribution >= 0.6 is 0 Å². The Morgan fingerprint density at radius 3 is 3.07 bits per heavy atom. The molecule has 2 aromatic heterocycles. The number of nitrogens with one attached hydrogen (secondary N) is 3. The summed E-state index contributed by atoms with van der Waals surface area (Å²) in [5.41, 5.74) is 0.772. The van der Waals surface area contributed by atoms with E-state index in [-0.39, 0.29) is 12.3 Å². The van der Waals surface area contributed by atoms with Crippen LogP contribution < -0.4 is 5.32 Å². The van der Waals surface area contributed by atoms with E-state index in [0.717, 1.165) is 5.69 Å². The molecule has 0 radical (unpaired) electrons. The number of aromatic amines is 2. The Hall–Kier alpha value is -2.11. The number of imidazole rings is 1. The lowest BCUT2D eigenvalue weighted by Gasteiger charge is -1.98. The Balaban J connectivity index is 1.91. The molecular formula is C8H9N5O. The largest absolute Gasteiger partial charge is 0.331 e. The van der Waals surface area contributed by atoms with Gasteiger partial charge in [0.1, 0.15) is 0 Å². The third kappa shape index (κ3) is 1.98. The van der Waals surface area contributed by atoms with Gasteiger partial charge in [-0.3, -0.25) is 15.2 Å². The molecule has 1 amide bonds. The zero-order valence-electron chi connectivity index (χ0n) is 7.32. The molecule has 6 nitrogen and oxygen atoms in total. The zero-order chi connectivity index (χ0) is 9.80. The fraction of sp³-hybridized carbons (Fsp3) is 0.125. The predicted octanol–water partition coefficient (Wildman–Crippen LogP) is 0.314. The minimum atomic E-state index is -0.135. The molecule has 0 aliphatic carbocycles. The van der Waals surface area contributed by atoms with Gasteiger partial charge in [-0.25, -0.2) is 4.98 Å². The number of hydrogen-bond donors (Lipinski definition) is 3. The Labute approximate surface area is 79.8 Å². The van der Waals surface area contributed by atoms with Gasteiger partial charge in [-0.15, -0.1) is 0 Å². The maximum absolute atomic E-state index is 11.4. The molecule has 0 aliphatic heterocycles. The molecule has 2 aromatic rings. The van der Waals surface area contributed by atoms with Crippen LogP contribution in [-0.2, 0) is 11.2 Å². The highest BCUT2D eigenvalue weighted by atomic mass is 16.1. The van der Waals surface area contributed by atoms with Crippen molar-refractivity contribution in [1.29, 1.82) is 0 Å². The molecule has 0 bridgehead atoms. The van der Waals surface area contributed by atoms with Crippen LogP contribution in [0.25, 0.3) is 0 Å². The highest BCUT2D eigenvalue weighted by molar-refractivity contribution is 5.90. The third-order valence-electron chi connectivity index (χ3n) is 1.67. The summed E-state index contributed by atoms with van der Waals surface area (Å²) in [7, 11) is 0. The quantitative estimate of drug-likeness (QED) is 0.652. The Kier molecular flexibility index (Phi) is 2.26. The molecule has 0 unspecified atom stereocenters. The first kappa shape index (κ1) is 8.49. The van der Waals surface area contributed by atoms with Gasteiger partial charge in [0.2, 0.25) is 11.9 Å². The topological polar surface area (TPSA) is 86.5 Å².